The summed E-state index contributed by atoms with van der Waals surface area (Å²) < 4.78 is 40.8. The van der Waals surface area contributed by atoms with Crippen molar-refractivity contribution in [2.75, 3.05) is 0 Å². The molecule has 7 heteroatoms. The van der Waals surface area contributed by atoms with Crippen LogP contribution >= 0.6 is 0 Å². The van der Waals surface area contributed by atoms with Crippen molar-refractivity contribution in [3.05, 3.63) is 65.5 Å². The normalized spacial score (nSPS) is 11.2. The van der Waals surface area contributed by atoms with Crippen molar-refractivity contribution in [1.29, 1.82) is 0 Å². The van der Waals surface area contributed by atoms with Gasteiger partial charge in [-0.05, 0) is 24.6 Å². The van der Waals surface area contributed by atoms with E-state index in [2.05, 4.69) is 16.3 Å². The van der Waals surface area contributed by atoms with Crippen molar-refractivity contribution >= 4 is 0 Å². The average Bonchev–Trinajstić information content (AvgIpc) is 2.88. The van der Waals surface area contributed by atoms with Crippen LogP contribution in [0.3, 0.4) is 0 Å². The SMILES string of the molecule is Cc1cc(-c2nnc(C)n2-c2ccccc2)[c-]c(C(F)(F)F)c1.[Ir]. The van der Waals surface area contributed by atoms with Gasteiger partial charge < -0.3 is 4.57 Å². The summed E-state index contributed by atoms with van der Waals surface area (Å²) in [5.41, 5.74) is 0.731. The number of alkyl halides is 3. The van der Waals surface area contributed by atoms with Crippen molar-refractivity contribution in [3.8, 4) is 17.1 Å². The molecule has 1 aromatic heterocycles. The number of rotatable bonds is 2. The van der Waals surface area contributed by atoms with Gasteiger partial charge in [0.2, 0.25) is 0 Å². The van der Waals surface area contributed by atoms with Gasteiger partial charge in [-0.1, -0.05) is 25.1 Å². The van der Waals surface area contributed by atoms with Crippen molar-refractivity contribution in [1.82, 2.24) is 14.8 Å². The quantitative estimate of drug-likeness (QED) is 0.482. The van der Waals surface area contributed by atoms with E-state index in [0.717, 1.165) is 11.8 Å². The van der Waals surface area contributed by atoms with Crippen LogP contribution in [-0.2, 0) is 26.3 Å². The Bertz CT molecular complexity index is 842. The van der Waals surface area contributed by atoms with E-state index >= 15 is 0 Å². The number of halogens is 3. The van der Waals surface area contributed by atoms with Crippen molar-refractivity contribution < 1.29 is 33.3 Å². The van der Waals surface area contributed by atoms with Crippen LogP contribution in [0.4, 0.5) is 13.2 Å². The number of hydrogen-bond acceptors (Lipinski definition) is 2. The number of aryl methyl sites for hydroxylation is 2. The van der Waals surface area contributed by atoms with Crippen LogP contribution in [0.1, 0.15) is 17.0 Å². The van der Waals surface area contributed by atoms with E-state index in [1.807, 2.05) is 30.3 Å². The molecule has 3 rings (SSSR count). The maximum Gasteiger partial charge on any atom is 0.399 e. The summed E-state index contributed by atoms with van der Waals surface area (Å²) in [5, 5.41) is 8.04. The van der Waals surface area contributed by atoms with Gasteiger partial charge in [0, 0.05) is 25.8 Å². The molecular weight excluding hydrogens is 495 g/mol. The number of benzene rings is 2. The summed E-state index contributed by atoms with van der Waals surface area (Å²) in [5.74, 6) is 0.928. The molecule has 0 spiro atoms. The Morgan fingerprint density at radius 2 is 1.67 bits per heavy atom. The summed E-state index contributed by atoms with van der Waals surface area (Å²) in [6, 6.07) is 14.4. The van der Waals surface area contributed by atoms with E-state index in [1.54, 1.807) is 24.5 Å². The van der Waals surface area contributed by atoms with E-state index < -0.39 is 11.7 Å². The molecule has 0 N–H and O–H groups in total. The molecule has 3 aromatic rings. The Morgan fingerprint density at radius 1 is 1.00 bits per heavy atom. The second-order valence-electron chi connectivity index (χ2n) is 5.22. The molecule has 0 amide bonds. The molecule has 0 aliphatic carbocycles. The van der Waals surface area contributed by atoms with Gasteiger partial charge in [0.1, 0.15) is 5.82 Å². The van der Waals surface area contributed by atoms with Crippen molar-refractivity contribution in [2.45, 2.75) is 20.0 Å². The third-order valence-electron chi connectivity index (χ3n) is 3.40. The Balaban J connectivity index is 0.00000208. The van der Waals surface area contributed by atoms with E-state index in [1.165, 1.54) is 0 Å². The molecule has 0 bridgehead atoms. The summed E-state index contributed by atoms with van der Waals surface area (Å²) in [4.78, 5) is 0. The smallest absolute Gasteiger partial charge is 0.320 e. The Kier molecular flexibility index (Phi) is 5.25. The van der Waals surface area contributed by atoms with Crippen molar-refractivity contribution in [2.24, 2.45) is 0 Å². The topological polar surface area (TPSA) is 30.7 Å². The van der Waals surface area contributed by atoms with Gasteiger partial charge in [-0.3, -0.25) is 0 Å². The molecule has 0 saturated heterocycles. The van der Waals surface area contributed by atoms with Crippen LogP contribution in [-0.4, -0.2) is 14.8 Å². The zero-order valence-electron chi connectivity index (χ0n) is 12.9. The third-order valence-corrected chi connectivity index (χ3v) is 3.40. The molecule has 2 aromatic carbocycles. The van der Waals surface area contributed by atoms with Gasteiger partial charge in [0.25, 0.3) is 0 Å². The van der Waals surface area contributed by atoms with Crippen LogP contribution in [0.5, 0.6) is 0 Å². The van der Waals surface area contributed by atoms with Crippen LogP contribution < -0.4 is 0 Å². The molecule has 0 aliphatic rings. The van der Waals surface area contributed by atoms with Crippen LogP contribution in [0.15, 0.2) is 42.5 Å². The molecule has 3 nitrogen and oxygen atoms in total. The second-order valence-corrected chi connectivity index (χ2v) is 5.22. The zero-order valence-corrected chi connectivity index (χ0v) is 15.2. The first kappa shape index (κ1) is 18.4. The summed E-state index contributed by atoms with van der Waals surface area (Å²) in [7, 11) is 0. The number of aromatic nitrogens is 3. The molecule has 0 unspecified atom stereocenters. The first-order chi connectivity index (χ1) is 10.9. The Hall–Kier alpha value is -1.98. The maximum absolute atomic E-state index is 13.0. The zero-order chi connectivity index (χ0) is 16.6. The molecule has 0 aliphatic heterocycles. The minimum absolute atomic E-state index is 0. The molecule has 0 saturated carbocycles. The first-order valence-electron chi connectivity index (χ1n) is 6.95. The minimum Gasteiger partial charge on any atom is -0.320 e. The van der Waals surface area contributed by atoms with Crippen LogP contribution in [0.2, 0.25) is 0 Å². The number of hydrogen-bond donors (Lipinski definition) is 0. The molecule has 1 radical (unpaired) electrons. The summed E-state index contributed by atoms with van der Waals surface area (Å²) >= 11 is 0. The standard InChI is InChI=1S/C17H13F3N3.Ir/c1-11-8-13(10-14(9-11)17(18,19)20)16-22-21-12(2)23(16)15-6-4-3-5-7-15;/h3-9H,1-2H3;/q-1;. The van der Waals surface area contributed by atoms with Gasteiger partial charge >= 0.3 is 6.18 Å². The van der Waals surface area contributed by atoms with E-state index in [9.17, 15) is 13.2 Å². The maximum atomic E-state index is 13.0. The fourth-order valence-corrected chi connectivity index (χ4v) is 2.41. The van der Waals surface area contributed by atoms with Gasteiger partial charge in [0.15, 0.2) is 0 Å². The molecule has 24 heavy (non-hydrogen) atoms. The van der Waals surface area contributed by atoms with E-state index in [4.69, 9.17) is 0 Å². The predicted molar refractivity (Wildman–Crippen MR) is 80.1 cm³/mol. The molecule has 1 heterocycles. The Morgan fingerprint density at radius 3 is 2.29 bits per heavy atom. The molecule has 0 fully saturated rings. The second kappa shape index (κ2) is 6.87. The van der Waals surface area contributed by atoms with Gasteiger partial charge in [-0.15, -0.1) is 34.4 Å². The van der Waals surface area contributed by atoms with Gasteiger partial charge in [-0.2, -0.15) is 18.3 Å². The summed E-state index contributed by atoms with van der Waals surface area (Å²) in [6.07, 6.45) is -4.45. The average molecular weight is 509 g/mol. The third kappa shape index (κ3) is 3.57. The minimum atomic E-state index is -4.45. The number of para-hydroxylation sites is 1. The fraction of sp³-hybridized carbons (Fsp3) is 0.176. The largest absolute Gasteiger partial charge is 0.399 e. The first-order valence-corrected chi connectivity index (χ1v) is 6.95. The van der Waals surface area contributed by atoms with Gasteiger partial charge in [0.05, 0.1) is 5.82 Å². The molecular formula is C17H13F3IrN3-. The van der Waals surface area contributed by atoms with Gasteiger partial charge in [-0.25, -0.2) is 0 Å². The predicted octanol–water partition coefficient (Wildman–Crippen LogP) is 4.37. The Labute approximate surface area is 150 Å². The van der Waals surface area contributed by atoms with E-state index in [-0.39, 0.29) is 25.7 Å². The molecule has 127 valence electrons. The monoisotopic (exact) mass is 509 g/mol. The number of nitrogens with zero attached hydrogens (tertiary/aromatic N) is 3. The summed E-state index contributed by atoms with van der Waals surface area (Å²) in [6.45, 7) is 3.37. The van der Waals surface area contributed by atoms with Crippen LogP contribution in [0.25, 0.3) is 17.1 Å². The molecule has 0 atom stereocenters. The van der Waals surface area contributed by atoms with E-state index in [0.29, 0.717) is 17.2 Å². The van der Waals surface area contributed by atoms with Crippen LogP contribution in [0, 0.1) is 19.9 Å². The van der Waals surface area contributed by atoms with Crippen molar-refractivity contribution in [3.63, 3.8) is 0 Å². The fourth-order valence-electron chi connectivity index (χ4n) is 2.41.